The molecule has 6 nitrogen and oxygen atoms in total. The predicted octanol–water partition coefficient (Wildman–Crippen LogP) is -0.650. The summed E-state index contributed by atoms with van der Waals surface area (Å²) in [7, 11) is 0. The number of amides is 2. The molecule has 2 aliphatic heterocycles. The first kappa shape index (κ1) is 14.3. The van der Waals surface area contributed by atoms with E-state index in [-0.39, 0.29) is 17.7 Å². The summed E-state index contributed by atoms with van der Waals surface area (Å²) in [6.45, 7) is 5.47. The molecule has 2 saturated heterocycles. The molecule has 2 fully saturated rings. The van der Waals surface area contributed by atoms with Crippen LogP contribution in [-0.2, 0) is 14.3 Å². The number of nitrogens with one attached hydrogen (secondary N) is 2. The van der Waals surface area contributed by atoms with E-state index in [4.69, 9.17) is 4.74 Å². The second-order valence-corrected chi connectivity index (χ2v) is 5.06. The zero-order valence-corrected chi connectivity index (χ0v) is 11.5. The summed E-state index contributed by atoms with van der Waals surface area (Å²) < 4.78 is 5.35. The molecule has 0 bridgehead atoms. The number of hydrogen-bond acceptors (Lipinski definition) is 4. The number of likely N-dealkylation sites (N-methyl/N-ethyl adjacent to an activating group) is 1. The van der Waals surface area contributed by atoms with Gasteiger partial charge in [0.25, 0.3) is 0 Å². The number of carbonyl (C=O) groups excluding carboxylic acids is 2. The number of morpholine rings is 1. The minimum Gasteiger partial charge on any atom is -0.377 e. The second-order valence-electron chi connectivity index (χ2n) is 5.06. The van der Waals surface area contributed by atoms with E-state index in [1.165, 1.54) is 0 Å². The number of hydrogen-bond donors (Lipinski definition) is 2. The van der Waals surface area contributed by atoms with Gasteiger partial charge in [-0.1, -0.05) is 0 Å². The summed E-state index contributed by atoms with van der Waals surface area (Å²) in [5.41, 5.74) is 0. The van der Waals surface area contributed by atoms with Crippen molar-refractivity contribution >= 4 is 11.8 Å². The highest BCUT2D eigenvalue weighted by molar-refractivity contribution is 5.89. The number of carbonyl (C=O) groups is 2. The van der Waals surface area contributed by atoms with Crippen LogP contribution in [0.1, 0.15) is 19.8 Å². The summed E-state index contributed by atoms with van der Waals surface area (Å²) in [5.74, 6) is -0.0187. The average molecular weight is 269 g/mol. The van der Waals surface area contributed by atoms with Crippen LogP contribution in [0.3, 0.4) is 0 Å². The number of nitrogens with zero attached hydrogens (tertiary/aromatic N) is 1. The van der Waals surface area contributed by atoms with Gasteiger partial charge in [0.2, 0.25) is 11.8 Å². The van der Waals surface area contributed by atoms with E-state index in [9.17, 15) is 9.59 Å². The second kappa shape index (κ2) is 6.86. The molecule has 2 N–H and O–H groups in total. The summed E-state index contributed by atoms with van der Waals surface area (Å²) in [6.07, 6.45) is 1.93. The Morgan fingerprint density at radius 2 is 2.32 bits per heavy atom. The lowest BCUT2D eigenvalue weighted by Gasteiger charge is -2.37. The molecule has 2 aliphatic rings. The fourth-order valence-electron chi connectivity index (χ4n) is 2.67. The van der Waals surface area contributed by atoms with Crippen LogP contribution in [0.25, 0.3) is 0 Å². The highest BCUT2D eigenvalue weighted by Crippen LogP contribution is 2.17. The molecule has 0 aliphatic carbocycles. The SMILES string of the molecule is CCNC(=O)C1COCCN1C(=O)[C@H]1CCCNC1. The van der Waals surface area contributed by atoms with Gasteiger partial charge in [0.15, 0.2) is 0 Å². The molecule has 0 aromatic carbocycles. The van der Waals surface area contributed by atoms with Crippen molar-refractivity contribution < 1.29 is 14.3 Å². The summed E-state index contributed by atoms with van der Waals surface area (Å²) in [4.78, 5) is 26.2. The molecule has 1 unspecified atom stereocenters. The lowest BCUT2D eigenvalue weighted by molar-refractivity contribution is -0.152. The van der Waals surface area contributed by atoms with E-state index < -0.39 is 6.04 Å². The molecule has 0 aromatic heterocycles. The number of rotatable bonds is 3. The minimum absolute atomic E-state index is 0.00350. The molecule has 2 rings (SSSR count). The van der Waals surface area contributed by atoms with Crippen LogP contribution in [-0.4, -0.2) is 62.1 Å². The van der Waals surface area contributed by atoms with Crippen molar-refractivity contribution in [3.63, 3.8) is 0 Å². The van der Waals surface area contributed by atoms with E-state index in [1.807, 2.05) is 6.92 Å². The van der Waals surface area contributed by atoms with Crippen LogP contribution in [0.4, 0.5) is 0 Å². The Labute approximate surface area is 113 Å². The van der Waals surface area contributed by atoms with Gasteiger partial charge in [-0.3, -0.25) is 9.59 Å². The lowest BCUT2D eigenvalue weighted by atomic mass is 9.97. The summed E-state index contributed by atoms with van der Waals surface area (Å²) >= 11 is 0. The predicted molar refractivity (Wildman–Crippen MR) is 70.6 cm³/mol. The minimum atomic E-state index is -0.469. The maximum absolute atomic E-state index is 12.5. The molecule has 108 valence electrons. The standard InChI is InChI=1S/C13H23N3O3/c1-2-15-12(17)11-9-19-7-6-16(11)13(18)10-4-3-5-14-8-10/h10-11,14H,2-9H2,1H3,(H,15,17)/t10-,11?/m0/s1. The molecule has 2 amide bonds. The first-order valence-corrected chi connectivity index (χ1v) is 7.10. The van der Waals surface area contributed by atoms with Crippen molar-refractivity contribution in [3.05, 3.63) is 0 Å². The van der Waals surface area contributed by atoms with Gasteiger partial charge in [-0.15, -0.1) is 0 Å². The fourth-order valence-corrected chi connectivity index (χ4v) is 2.67. The van der Waals surface area contributed by atoms with Crippen LogP contribution in [0.15, 0.2) is 0 Å². The Hall–Kier alpha value is -1.14. The van der Waals surface area contributed by atoms with E-state index in [0.717, 1.165) is 25.9 Å². The Bertz CT molecular complexity index is 329. The third-order valence-corrected chi connectivity index (χ3v) is 3.71. The maximum atomic E-state index is 12.5. The van der Waals surface area contributed by atoms with Crippen molar-refractivity contribution in [1.82, 2.24) is 15.5 Å². The van der Waals surface area contributed by atoms with E-state index >= 15 is 0 Å². The number of ether oxygens (including phenoxy) is 1. The van der Waals surface area contributed by atoms with Gasteiger partial charge in [-0.2, -0.15) is 0 Å². The normalized spacial score (nSPS) is 27.9. The lowest BCUT2D eigenvalue weighted by Crippen LogP contribution is -2.58. The van der Waals surface area contributed by atoms with E-state index in [0.29, 0.717) is 26.3 Å². The summed E-state index contributed by atoms with van der Waals surface area (Å²) in [5, 5.41) is 6.02. The molecule has 6 heteroatoms. The molecule has 0 saturated carbocycles. The van der Waals surface area contributed by atoms with E-state index in [2.05, 4.69) is 10.6 Å². The van der Waals surface area contributed by atoms with Gasteiger partial charge < -0.3 is 20.3 Å². The van der Waals surface area contributed by atoms with Crippen LogP contribution in [0.5, 0.6) is 0 Å². The molecular weight excluding hydrogens is 246 g/mol. The van der Waals surface area contributed by atoms with Gasteiger partial charge in [0.05, 0.1) is 19.1 Å². The molecule has 0 aromatic rings. The Kier molecular flexibility index (Phi) is 5.15. The maximum Gasteiger partial charge on any atom is 0.245 e. The van der Waals surface area contributed by atoms with Crippen LogP contribution >= 0.6 is 0 Å². The molecule has 0 radical (unpaired) electrons. The van der Waals surface area contributed by atoms with Crippen LogP contribution < -0.4 is 10.6 Å². The van der Waals surface area contributed by atoms with Crippen molar-refractivity contribution in [3.8, 4) is 0 Å². The Morgan fingerprint density at radius 1 is 1.47 bits per heavy atom. The van der Waals surface area contributed by atoms with Gasteiger partial charge in [-0.05, 0) is 26.3 Å². The highest BCUT2D eigenvalue weighted by Gasteiger charge is 2.36. The molecular formula is C13H23N3O3. The van der Waals surface area contributed by atoms with Crippen molar-refractivity contribution in [2.24, 2.45) is 5.92 Å². The third kappa shape index (κ3) is 3.45. The first-order chi connectivity index (χ1) is 9.24. The smallest absolute Gasteiger partial charge is 0.245 e. The Balaban J connectivity index is 2.01. The van der Waals surface area contributed by atoms with Gasteiger partial charge in [-0.25, -0.2) is 0 Å². The van der Waals surface area contributed by atoms with E-state index in [1.54, 1.807) is 4.90 Å². The highest BCUT2D eigenvalue weighted by atomic mass is 16.5. The zero-order valence-electron chi connectivity index (χ0n) is 11.5. The molecule has 2 heterocycles. The van der Waals surface area contributed by atoms with Gasteiger partial charge in [0, 0.05) is 19.6 Å². The van der Waals surface area contributed by atoms with Crippen molar-refractivity contribution in [1.29, 1.82) is 0 Å². The zero-order chi connectivity index (χ0) is 13.7. The van der Waals surface area contributed by atoms with Crippen molar-refractivity contribution in [2.45, 2.75) is 25.8 Å². The molecule has 2 atom stereocenters. The average Bonchev–Trinajstić information content (AvgIpc) is 2.47. The quantitative estimate of drug-likeness (QED) is 0.714. The Morgan fingerprint density at radius 3 is 3.00 bits per heavy atom. The van der Waals surface area contributed by atoms with Crippen LogP contribution in [0, 0.1) is 5.92 Å². The van der Waals surface area contributed by atoms with Gasteiger partial charge >= 0.3 is 0 Å². The summed E-state index contributed by atoms with van der Waals surface area (Å²) in [6, 6.07) is -0.469. The molecule has 0 spiro atoms. The largest absolute Gasteiger partial charge is 0.377 e. The first-order valence-electron chi connectivity index (χ1n) is 7.10. The van der Waals surface area contributed by atoms with Crippen molar-refractivity contribution in [2.75, 3.05) is 39.4 Å². The number of piperidine rings is 1. The monoisotopic (exact) mass is 269 g/mol. The third-order valence-electron chi connectivity index (χ3n) is 3.71. The fraction of sp³-hybridized carbons (Fsp3) is 0.846. The van der Waals surface area contributed by atoms with Gasteiger partial charge in [0.1, 0.15) is 6.04 Å². The van der Waals surface area contributed by atoms with Crippen LogP contribution in [0.2, 0.25) is 0 Å². The topological polar surface area (TPSA) is 70.7 Å². The molecule has 19 heavy (non-hydrogen) atoms.